The summed E-state index contributed by atoms with van der Waals surface area (Å²) in [5, 5.41) is 0. The predicted molar refractivity (Wildman–Crippen MR) is 67.3 cm³/mol. The van der Waals surface area contributed by atoms with Crippen LogP contribution in [0, 0.1) is 13.8 Å². The highest BCUT2D eigenvalue weighted by Gasteiger charge is 2.07. The Kier molecular flexibility index (Phi) is 3.43. The van der Waals surface area contributed by atoms with Crippen molar-refractivity contribution in [2.45, 2.75) is 26.7 Å². The molecular formula is C15H16O2. The molecule has 0 aliphatic carbocycles. The number of aryl methyl sites for hydroxylation is 3. The molecule has 0 spiro atoms. The van der Waals surface area contributed by atoms with Crippen LogP contribution >= 0.6 is 0 Å². The average molecular weight is 228 g/mol. The summed E-state index contributed by atoms with van der Waals surface area (Å²) < 4.78 is 5.44. The Morgan fingerprint density at radius 1 is 1.18 bits per heavy atom. The number of rotatable bonds is 4. The van der Waals surface area contributed by atoms with Gasteiger partial charge < -0.3 is 4.42 Å². The van der Waals surface area contributed by atoms with Gasteiger partial charge in [0.15, 0.2) is 5.78 Å². The van der Waals surface area contributed by atoms with Crippen LogP contribution in [0.15, 0.2) is 40.8 Å². The highest BCUT2D eigenvalue weighted by Crippen LogP contribution is 2.12. The zero-order valence-corrected chi connectivity index (χ0v) is 10.2. The molecule has 2 rings (SSSR count). The molecule has 0 bridgehead atoms. The number of carbonyl (C=O) groups is 1. The maximum absolute atomic E-state index is 11.9. The lowest BCUT2D eigenvalue weighted by Gasteiger charge is -2.01. The van der Waals surface area contributed by atoms with Crippen molar-refractivity contribution >= 4 is 5.78 Å². The quantitative estimate of drug-likeness (QED) is 0.747. The largest absolute Gasteiger partial charge is 0.466 e. The van der Waals surface area contributed by atoms with E-state index in [-0.39, 0.29) is 5.78 Å². The van der Waals surface area contributed by atoms with E-state index >= 15 is 0 Å². The van der Waals surface area contributed by atoms with Crippen LogP contribution in [0.3, 0.4) is 0 Å². The van der Waals surface area contributed by atoms with Gasteiger partial charge in [0.2, 0.25) is 0 Å². The van der Waals surface area contributed by atoms with Crippen LogP contribution in [0.4, 0.5) is 0 Å². The smallest absolute Gasteiger partial charge is 0.163 e. The molecule has 0 aliphatic rings. The molecule has 0 fully saturated rings. The Balaban J connectivity index is 1.98. The Hall–Kier alpha value is -1.83. The van der Waals surface area contributed by atoms with Gasteiger partial charge in [-0.05, 0) is 32.0 Å². The van der Waals surface area contributed by atoms with E-state index in [1.807, 2.05) is 50.2 Å². The van der Waals surface area contributed by atoms with E-state index in [1.165, 1.54) is 0 Å². The van der Waals surface area contributed by atoms with Gasteiger partial charge in [0, 0.05) is 18.4 Å². The topological polar surface area (TPSA) is 30.2 Å². The molecule has 0 unspecified atom stereocenters. The third-order valence-electron chi connectivity index (χ3n) is 2.73. The van der Waals surface area contributed by atoms with Crippen LogP contribution in [0.25, 0.3) is 0 Å². The van der Waals surface area contributed by atoms with Gasteiger partial charge in [0.05, 0.1) is 0 Å². The number of furan rings is 1. The first-order valence-corrected chi connectivity index (χ1v) is 5.80. The molecule has 0 amide bonds. The van der Waals surface area contributed by atoms with Crippen molar-refractivity contribution in [1.82, 2.24) is 0 Å². The van der Waals surface area contributed by atoms with E-state index in [1.54, 1.807) is 0 Å². The fraction of sp³-hybridized carbons (Fsp3) is 0.267. The van der Waals surface area contributed by atoms with Crippen LogP contribution in [-0.2, 0) is 6.42 Å². The Morgan fingerprint density at radius 3 is 2.65 bits per heavy atom. The number of hydrogen-bond donors (Lipinski definition) is 0. The van der Waals surface area contributed by atoms with Crippen LogP contribution in [0.2, 0.25) is 0 Å². The summed E-state index contributed by atoms with van der Waals surface area (Å²) in [5.41, 5.74) is 1.90. The van der Waals surface area contributed by atoms with Crippen molar-refractivity contribution < 1.29 is 9.21 Å². The number of ketones is 1. The van der Waals surface area contributed by atoms with Crippen LogP contribution in [-0.4, -0.2) is 5.78 Å². The molecule has 1 heterocycles. The summed E-state index contributed by atoms with van der Waals surface area (Å²) in [5.74, 6) is 1.94. The van der Waals surface area contributed by atoms with Gasteiger partial charge in [-0.2, -0.15) is 0 Å². The molecule has 2 nitrogen and oxygen atoms in total. The molecule has 88 valence electrons. The minimum Gasteiger partial charge on any atom is -0.466 e. The van der Waals surface area contributed by atoms with E-state index < -0.39 is 0 Å². The van der Waals surface area contributed by atoms with Gasteiger partial charge in [0.25, 0.3) is 0 Å². The van der Waals surface area contributed by atoms with Gasteiger partial charge >= 0.3 is 0 Å². The highest BCUT2D eigenvalue weighted by molar-refractivity contribution is 5.96. The Labute approximate surface area is 101 Å². The number of hydrogen-bond acceptors (Lipinski definition) is 2. The average Bonchev–Trinajstić information content (AvgIpc) is 2.72. The van der Waals surface area contributed by atoms with Crippen molar-refractivity contribution in [2.24, 2.45) is 0 Å². The van der Waals surface area contributed by atoms with Gasteiger partial charge in [-0.3, -0.25) is 4.79 Å². The molecule has 17 heavy (non-hydrogen) atoms. The van der Waals surface area contributed by atoms with Gasteiger partial charge in [-0.1, -0.05) is 23.8 Å². The summed E-state index contributed by atoms with van der Waals surface area (Å²) in [6.07, 6.45) is 1.16. The summed E-state index contributed by atoms with van der Waals surface area (Å²) >= 11 is 0. The molecular weight excluding hydrogens is 212 g/mol. The van der Waals surface area contributed by atoms with Gasteiger partial charge in [-0.15, -0.1) is 0 Å². The second kappa shape index (κ2) is 5.00. The van der Waals surface area contributed by atoms with Gasteiger partial charge in [0.1, 0.15) is 11.5 Å². The lowest BCUT2D eigenvalue weighted by molar-refractivity contribution is 0.0980. The first-order valence-electron chi connectivity index (χ1n) is 5.80. The number of benzene rings is 1. The minimum atomic E-state index is 0.169. The maximum Gasteiger partial charge on any atom is 0.163 e. The molecule has 0 saturated carbocycles. The third-order valence-corrected chi connectivity index (χ3v) is 2.73. The molecule has 0 atom stereocenters. The summed E-state index contributed by atoms with van der Waals surface area (Å²) in [6.45, 7) is 3.90. The minimum absolute atomic E-state index is 0.169. The zero-order chi connectivity index (χ0) is 12.3. The van der Waals surface area contributed by atoms with Crippen molar-refractivity contribution in [2.75, 3.05) is 0 Å². The lowest BCUT2D eigenvalue weighted by atomic mass is 10.0. The number of Topliss-reactive ketones (excluding diaryl/α,β-unsaturated/α-hetero) is 1. The zero-order valence-electron chi connectivity index (χ0n) is 10.2. The van der Waals surface area contributed by atoms with E-state index in [4.69, 9.17) is 4.42 Å². The van der Waals surface area contributed by atoms with Crippen LogP contribution in [0.1, 0.15) is 33.9 Å². The summed E-state index contributed by atoms with van der Waals surface area (Å²) in [7, 11) is 0. The van der Waals surface area contributed by atoms with E-state index in [9.17, 15) is 4.79 Å². The summed E-state index contributed by atoms with van der Waals surface area (Å²) in [4.78, 5) is 11.9. The second-order valence-electron chi connectivity index (χ2n) is 4.31. The molecule has 2 aromatic rings. The van der Waals surface area contributed by atoms with Crippen molar-refractivity contribution in [3.63, 3.8) is 0 Å². The fourth-order valence-corrected chi connectivity index (χ4v) is 1.82. The normalized spacial score (nSPS) is 10.5. The molecule has 0 radical (unpaired) electrons. The Bertz CT molecular complexity index is 523. The molecule has 0 aliphatic heterocycles. The molecule has 1 aromatic heterocycles. The van der Waals surface area contributed by atoms with Crippen LogP contribution in [0.5, 0.6) is 0 Å². The molecule has 2 heteroatoms. The summed E-state index contributed by atoms with van der Waals surface area (Å²) in [6, 6.07) is 11.6. The van der Waals surface area contributed by atoms with E-state index in [0.29, 0.717) is 12.8 Å². The van der Waals surface area contributed by atoms with E-state index in [0.717, 1.165) is 22.6 Å². The SMILES string of the molecule is Cc1cccc(C(=O)CCc2ccc(C)o2)c1. The van der Waals surface area contributed by atoms with Gasteiger partial charge in [-0.25, -0.2) is 0 Å². The monoisotopic (exact) mass is 228 g/mol. The third kappa shape index (κ3) is 3.06. The lowest BCUT2D eigenvalue weighted by Crippen LogP contribution is -2.00. The first kappa shape index (κ1) is 11.6. The van der Waals surface area contributed by atoms with Crippen molar-refractivity contribution in [3.05, 3.63) is 59.0 Å². The first-order chi connectivity index (χ1) is 8.15. The van der Waals surface area contributed by atoms with Crippen molar-refractivity contribution in [1.29, 1.82) is 0 Å². The van der Waals surface area contributed by atoms with E-state index in [2.05, 4.69) is 0 Å². The Morgan fingerprint density at radius 2 is 2.00 bits per heavy atom. The maximum atomic E-state index is 11.9. The standard InChI is InChI=1S/C15H16O2/c1-11-4-3-5-13(10-11)15(16)9-8-14-7-6-12(2)17-14/h3-7,10H,8-9H2,1-2H3. The number of carbonyl (C=O) groups excluding carboxylic acids is 1. The molecule has 0 N–H and O–H groups in total. The van der Waals surface area contributed by atoms with Crippen LogP contribution < -0.4 is 0 Å². The molecule has 0 saturated heterocycles. The van der Waals surface area contributed by atoms with Crippen molar-refractivity contribution in [3.8, 4) is 0 Å². The highest BCUT2D eigenvalue weighted by atomic mass is 16.3. The molecule has 1 aromatic carbocycles. The second-order valence-corrected chi connectivity index (χ2v) is 4.31. The predicted octanol–water partition coefficient (Wildman–Crippen LogP) is 3.71. The fourth-order valence-electron chi connectivity index (χ4n) is 1.82.